The van der Waals surface area contributed by atoms with Crippen LogP contribution in [0.3, 0.4) is 0 Å². The fraction of sp³-hybridized carbons (Fsp3) is 0.385. The maximum atomic E-state index is 7.50. The van der Waals surface area contributed by atoms with Crippen LogP contribution in [-0.4, -0.2) is 0 Å². The van der Waals surface area contributed by atoms with Crippen LogP contribution in [0.1, 0.15) is 34.6 Å². The fourth-order valence-electron chi connectivity index (χ4n) is 1.41. The summed E-state index contributed by atoms with van der Waals surface area (Å²) >= 11 is 0. The molecule has 1 aliphatic rings. The van der Waals surface area contributed by atoms with Gasteiger partial charge in [0.05, 0.1) is 0 Å². The second kappa shape index (κ2) is 15.4. The van der Waals surface area contributed by atoms with Crippen molar-refractivity contribution >= 4 is 0 Å². The summed E-state index contributed by atoms with van der Waals surface area (Å²) in [6.07, 6.45) is 0. The van der Waals surface area contributed by atoms with Crippen molar-refractivity contribution in [1.82, 2.24) is 0 Å². The molecule has 0 aliphatic heterocycles. The minimum absolute atomic E-state index is 0. The molecule has 0 unspecified atom stereocenters. The second-order valence-corrected chi connectivity index (χ2v) is 3.12. The van der Waals surface area contributed by atoms with Gasteiger partial charge in [-0.15, -0.1) is 0 Å². The van der Waals surface area contributed by atoms with Gasteiger partial charge in [0.25, 0.3) is 0 Å². The molecular formula is C13H15O3Re. The zero-order chi connectivity index (χ0) is 13.9. The van der Waals surface area contributed by atoms with Crippen molar-refractivity contribution < 1.29 is 34.4 Å². The van der Waals surface area contributed by atoms with E-state index in [-0.39, 0.29) is 20.4 Å². The van der Waals surface area contributed by atoms with Crippen LogP contribution in [0.5, 0.6) is 0 Å². The Morgan fingerprint density at radius 2 is 0.706 bits per heavy atom. The van der Waals surface area contributed by atoms with Crippen molar-refractivity contribution in [3.8, 4) is 0 Å². The van der Waals surface area contributed by atoms with E-state index in [0.717, 1.165) is 0 Å². The number of allylic oxidation sites excluding steroid dienone is 4. The van der Waals surface area contributed by atoms with Gasteiger partial charge in [0.1, 0.15) is 0 Å². The molecule has 1 aliphatic carbocycles. The molecule has 92 valence electrons. The molecule has 2 radical (unpaired) electrons. The Kier molecular flexibility index (Phi) is 22.8. The molecule has 0 bridgehead atoms. The first kappa shape index (κ1) is 25.3. The summed E-state index contributed by atoms with van der Waals surface area (Å²) in [6, 6.07) is 0. The quantitative estimate of drug-likeness (QED) is 0.439. The van der Waals surface area contributed by atoms with Gasteiger partial charge >= 0.3 is 33.9 Å². The zero-order valence-corrected chi connectivity index (χ0v) is 13.3. The SMILES string of the molecule is C[C]1C(C)=C(C)C(C)=C1C.[C-]#[O+].[C-]#[O+].[C-]#[O+].[Re]. The van der Waals surface area contributed by atoms with E-state index in [4.69, 9.17) is 14.0 Å². The van der Waals surface area contributed by atoms with E-state index in [1.165, 1.54) is 28.2 Å². The maximum absolute atomic E-state index is 7.50. The second-order valence-electron chi connectivity index (χ2n) is 3.12. The van der Waals surface area contributed by atoms with E-state index in [0.29, 0.717) is 0 Å². The molecule has 17 heavy (non-hydrogen) atoms. The van der Waals surface area contributed by atoms with Gasteiger partial charge in [-0.3, -0.25) is 0 Å². The summed E-state index contributed by atoms with van der Waals surface area (Å²) in [5.41, 5.74) is 5.87. The minimum Gasteiger partial charge on any atom is 0 e. The Hall–Kier alpha value is -0.638. The van der Waals surface area contributed by atoms with E-state index in [1.807, 2.05) is 0 Å². The standard InChI is InChI=1S/C10H15.3CO.Re/c1-6-7(2)9(4)10(5)8(6)3;3*1-2;/h1-5H3;;;;. The first-order valence-corrected chi connectivity index (χ1v) is 4.36. The largest absolute Gasteiger partial charge is 0 e. The van der Waals surface area contributed by atoms with E-state index >= 15 is 0 Å². The average Bonchev–Trinajstić information content (AvgIpc) is 2.55. The van der Waals surface area contributed by atoms with Crippen molar-refractivity contribution in [3.63, 3.8) is 0 Å². The third kappa shape index (κ3) is 7.32. The van der Waals surface area contributed by atoms with Crippen LogP contribution in [0, 0.1) is 25.9 Å². The van der Waals surface area contributed by atoms with E-state index in [2.05, 4.69) is 54.6 Å². The number of hydrogen-bond donors (Lipinski definition) is 0. The van der Waals surface area contributed by atoms with Crippen LogP contribution in [0.4, 0.5) is 0 Å². The molecule has 0 aromatic carbocycles. The normalized spacial score (nSPS) is 12.9. The summed E-state index contributed by atoms with van der Waals surface area (Å²) in [6.45, 7) is 24.5. The molecular weight excluding hydrogens is 390 g/mol. The molecule has 0 saturated carbocycles. The summed E-state index contributed by atoms with van der Waals surface area (Å²) in [5, 5.41) is 0. The smallest absolute Gasteiger partial charge is 0 e. The summed E-state index contributed by atoms with van der Waals surface area (Å²) in [5.74, 6) is 1.47. The van der Waals surface area contributed by atoms with Gasteiger partial charge in [0, 0.05) is 26.3 Å². The molecule has 0 aromatic heterocycles. The van der Waals surface area contributed by atoms with Crippen LogP contribution in [0.15, 0.2) is 22.3 Å². The molecule has 0 atom stereocenters. The van der Waals surface area contributed by atoms with Gasteiger partial charge < -0.3 is 0 Å². The van der Waals surface area contributed by atoms with Crippen LogP contribution in [0.25, 0.3) is 0 Å². The molecule has 0 fully saturated rings. The van der Waals surface area contributed by atoms with Gasteiger partial charge in [0.2, 0.25) is 0 Å². The van der Waals surface area contributed by atoms with Crippen molar-refractivity contribution in [2.75, 3.05) is 0 Å². The first-order valence-electron chi connectivity index (χ1n) is 4.36. The minimum atomic E-state index is 0. The maximum Gasteiger partial charge on any atom is 0 e. The Morgan fingerprint density at radius 1 is 0.529 bits per heavy atom. The third-order valence-corrected chi connectivity index (χ3v) is 2.81. The molecule has 0 aromatic rings. The fourth-order valence-corrected chi connectivity index (χ4v) is 1.41. The summed E-state index contributed by atoms with van der Waals surface area (Å²) in [7, 11) is 0. The van der Waals surface area contributed by atoms with Gasteiger partial charge in [-0.1, -0.05) is 18.1 Å². The van der Waals surface area contributed by atoms with Crippen LogP contribution >= 0.6 is 0 Å². The van der Waals surface area contributed by atoms with Crippen LogP contribution in [-0.2, 0) is 34.4 Å². The van der Waals surface area contributed by atoms with Gasteiger partial charge in [-0.25, -0.2) is 0 Å². The van der Waals surface area contributed by atoms with E-state index in [1.54, 1.807) is 0 Å². The molecule has 0 saturated heterocycles. The molecule has 0 heterocycles. The van der Waals surface area contributed by atoms with Crippen molar-refractivity contribution in [2.45, 2.75) is 34.6 Å². The van der Waals surface area contributed by atoms with E-state index in [9.17, 15) is 0 Å². The summed E-state index contributed by atoms with van der Waals surface area (Å²) < 4.78 is 22.5. The van der Waals surface area contributed by atoms with Crippen molar-refractivity contribution in [1.29, 1.82) is 0 Å². The number of rotatable bonds is 0. The molecule has 4 heteroatoms. The number of hydrogen-bond acceptors (Lipinski definition) is 0. The summed E-state index contributed by atoms with van der Waals surface area (Å²) in [4.78, 5) is 0. The third-order valence-electron chi connectivity index (χ3n) is 2.81. The Labute approximate surface area is 117 Å². The average molecular weight is 405 g/mol. The van der Waals surface area contributed by atoms with Crippen molar-refractivity contribution in [3.05, 3.63) is 48.2 Å². The van der Waals surface area contributed by atoms with Crippen molar-refractivity contribution in [2.24, 2.45) is 0 Å². The van der Waals surface area contributed by atoms with Gasteiger partial charge in [-0.2, -0.15) is 0 Å². The monoisotopic (exact) mass is 406 g/mol. The molecule has 0 spiro atoms. The van der Waals surface area contributed by atoms with E-state index < -0.39 is 0 Å². The molecule has 0 amide bonds. The van der Waals surface area contributed by atoms with Crippen LogP contribution in [0.2, 0.25) is 0 Å². The van der Waals surface area contributed by atoms with Crippen LogP contribution < -0.4 is 0 Å². The Bertz CT molecular complexity index is 294. The first-order chi connectivity index (χ1) is 7.55. The predicted molar refractivity (Wildman–Crippen MR) is 57.5 cm³/mol. The molecule has 1 rings (SSSR count). The molecule has 0 N–H and O–H groups in total. The Morgan fingerprint density at radius 3 is 0.765 bits per heavy atom. The topological polar surface area (TPSA) is 59.7 Å². The Balaban J connectivity index is -0.000000106. The van der Waals surface area contributed by atoms with Gasteiger partial charge in [-0.05, 0) is 38.8 Å². The molecule has 3 nitrogen and oxygen atoms in total. The van der Waals surface area contributed by atoms with Gasteiger partial charge in [0.15, 0.2) is 0 Å². The zero-order valence-electron chi connectivity index (χ0n) is 10.6. The predicted octanol–water partition coefficient (Wildman–Crippen LogP) is 3.15.